The molecule has 1 saturated heterocycles. The first-order chi connectivity index (χ1) is 13.0. The molecule has 0 radical (unpaired) electrons. The quantitative estimate of drug-likeness (QED) is 0.706. The van der Waals surface area contributed by atoms with Gasteiger partial charge in [0, 0.05) is 38.4 Å². The number of aryl methyl sites for hydroxylation is 2. The first kappa shape index (κ1) is 17.5. The molecule has 0 aliphatic carbocycles. The summed E-state index contributed by atoms with van der Waals surface area (Å²) in [7, 11) is 1.99. The number of aromatic nitrogens is 5. The molecule has 0 saturated carbocycles. The molecule has 3 aromatic rings. The molecule has 1 atom stereocenters. The van der Waals surface area contributed by atoms with Gasteiger partial charge < -0.3 is 18.5 Å². The maximum absolute atomic E-state index is 12.9. The molecular formula is C19H24N6O2. The van der Waals surface area contributed by atoms with E-state index < -0.39 is 0 Å². The number of furan rings is 1. The van der Waals surface area contributed by atoms with Gasteiger partial charge in [-0.3, -0.25) is 4.79 Å². The predicted molar refractivity (Wildman–Crippen MR) is 98.4 cm³/mol. The van der Waals surface area contributed by atoms with Crippen LogP contribution in [0.3, 0.4) is 0 Å². The fraction of sp³-hybridized carbons (Fsp3) is 0.474. The van der Waals surface area contributed by atoms with Crippen molar-refractivity contribution in [3.05, 3.63) is 53.5 Å². The molecule has 1 amide bonds. The van der Waals surface area contributed by atoms with Crippen LogP contribution in [0.15, 0.2) is 29.2 Å². The fourth-order valence-corrected chi connectivity index (χ4v) is 3.80. The average Bonchev–Trinajstić information content (AvgIpc) is 3.37. The lowest BCUT2D eigenvalue weighted by atomic mass is 9.96. The van der Waals surface area contributed by atoms with E-state index in [2.05, 4.69) is 15.2 Å². The molecule has 1 fully saturated rings. The van der Waals surface area contributed by atoms with Gasteiger partial charge in [-0.2, -0.15) is 0 Å². The van der Waals surface area contributed by atoms with Crippen LogP contribution in [0.5, 0.6) is 0 Å². The average molecular weight is 368 g/mol. The molecule has 27 heavy (non-hydrogen) atoms. The van der Waals surface area contributed by atoms with E-state index in [1.807, 2.05) is 47.2 Å². The van der Waals surface area contributed by atoms with Crippen LogP contribution in [-0.4, -0.2) is 48.2 Å². The van der Waals surface area contributed by atoms with Gasteiger partial charge >= 0.3 is 0 Å². The van der Waals surface area contributed by atoms with Gasteiger partial charge in [-0.15, -0.1) is 10.2 Å². The van der Waals surface area contributed by atoms with Gasteiger partial charge in [0.1, 0.15) is 17.3 Å². The monoisotopic (exact) mass is 368 g/mol. The maximum Gasteiger partial charge on any atom is 0.257 e. The van der Waals surface area contributed by atoms with Crippen molar-refractivity contribution in [2.45, 2.75) is 39.2 Å². The zero-order valence-corrected chi connectivity index (χ0v) is 15.9. The van der Waals surface area contributed by atoms with Crippen molar-refractivity contribution in [3.8, 4) is 0 Å². The van der Waals surface area contributed by atoms with Crippen LogP contribution >= 0.6 is 0 Å². The van der Waals surface area contributed by atoms with Crippen LogP contribution in [-0.2, 0) is 13.6 Å². The van der Waals surface area contributed by atoms with E-state index in [9.17, 15) is 4.79 Å². The second kappa shape index (κ2) is 7.02. The Bertz CT molecular complexity index is 940. The molecule has 8 nitrogen and oxygen atoms in total. The highest BCUT2D eigenvalue weighted by Gasteiger charge is 2.30. The first-order valence-corrected chi connectivity index (χ1v) is 9.23. The summed E-state index contributed by atoms with van der Waals surface area (Å²) in [5.74, 6) is 3.48. The van der Waals surface area contributed by atoms with E-state index in [0.29, 0.717) is 24.4 Å². The number of nitrogens with zero attached hydrogens (tertiary/aromatic N) is 6. The Morgan fingerprint density at radius 3 is 2.89 bits per heavy atom. The van der Waals surface area contributed by atoms with Crippen molar-refractivity contribution in [2.24, 2.45) is 7.05 Å². The number of hydrogen-bond acceptors (Lipinski definition) is 5. The van der Waals surface area contributed by atoms with Crippen LogP contribution in [0.2, 0.25) is 0 Å². The SMILES string of the molecule is Cc1cc(C(=O)N2CCC[C@H](c3nnc(Cn4ccnc4)n3C)C2)c(C)o1. The smallest absolute Gasteiger partial charge is 0.257 e. The summed E-state index contributed by atoms with van der Waals surface area (Å²) in [5.41, 5.74) is 0.659. The maximum atomic E-state index is 12.9. The third kappa shape index (κ3) is 3.39. The molecule has 1 aliphatic rings. The Morgan fingerprint density at radius 1 is 1.33 bits per heavy atom. The molecule has 8 heteroatoms. The lowest BCUT2D eigenvalue weighted by Crippen LogP contribution is -2.39. The molecule has 0 spiro atoms. The van der Waals surface area contributed by atoms with Gasteiger partial charge in [-0.1, -0.05) is 0 Å². The first-order valence-electron chi connectivity index (χ1n) is 9.23. The number of carbonyl (C=O) groups excluding carboxylic acids is 1. The standard InChI is InChI=1S/C19H24N6O2/c1-13-9-16(14(2)27-13)19(26)25-7-4-5-15(10-25)18-22-21-17(23(18)3)11-24-8-6-20-12-24/h6,8-9,12,15H,4-5,7,10-11H2,1-3H3/t15-/m0/s1. The minimum atomic E-state index is 0.0369. The Morgan fingerprint density at radius 2 is 2.19 bits per heavy atom. The highest BCUT2D eigenvalue weighted by Crippen LogP contribution is 2.28. The second-order valence-electron chi connectivity index (χ2n) is 7.19. The van der Waals surface area contributed by atoms with E-state index in [-0.39, 0.29) is 11.8 Å². The summed E-state index contributed by atoms with van der Waals surface area (Å²) >= 11 is 0. The Labute approximate surface area is 157 Å². The number of rotatable bonds is 4. The van der Waals surface area contributed by atoms with Crippen molar-refractivity contribution in [2.75, 3.05) is 13.1 Å². The van der Waals surface area contributed by atoms with Gasteiger partial charge in [0.25, 0.3) is 5.91 Å². The van der Waals surface area contributed by atoms with Gasteiger partial charge in [0.2, 0.25) is 0 Å². The van der Waals surface area contributed by atoms with Gasteiger partial charge in [-0.25, -0.2) is 4.98 Å². The number of imidazole rings is 1. The Balaban J connectivity index is 1.51. The molecule has 3 aromatic heterocycles. The lowest BCUT2D eigenvalue weighted by Gasteiger charge is -2.32. The van der Waals surface area contributed by atoms with E-state index >= 15 is 0 Å². The molecule has 1 aliphatic heterocycles. The van der Waals surface area contributed by atoms with E-state index in [4.69, 9.17) is 4.42 Å². The van der Waals surface area contributed by atoms with Crippen molar-refractivity contribution >= 4 is 5.91 Å². The zero-order chi connectivity index (χ0) is 19.0. The van der Waals surface area contributed by atoms with Gasteiger partial charge in [0.15, 0.2) is 5.82 Å². The molecule has 0 unspecified atom stereocenters. The highest BCUT2D eigenvalue weighted by molar-refractivity contribution is 5.95. The number of amides is 1. The lowest BCUT2D eigenvalue weighted by molar-refractivity contribution is 0.0701. The topological polar surface area (TPSA) is 82.0 Å². The summed E-state index contributed by atoms with van der Waals surface area (Å²) in [6, 6.07) is 1.83. The van der Waals surface area contributed by atoms with Crippen molar-refractivity contribution in [3.63, 3.8) is 0 Å². The van der Waals surface area contributed by atoms with E-state index in [0.717, 1.165) is 36.8 Å². The summed E-state index contributed by atoms with van der Waals surface area (Å²) in [6.45, 7) is 5.75. The van der Waals surface area contributed by atoms with Crippen LogP contribution in [0.25, 0.3) is 0 Å². The van der Waals surface area contributed by atoms with Crippen LogP contribution in [0.4, 0.5) is 0 Å². The number of hydrogen-bond donors (Lipinski definition) is 0. The van der Waals surface area contributed by atoms with Crippen molar-refractivity contribution in [1.29, 1.82) is 0 Å². The number of likely N-dealkylation sites (tertiary alicyclic amines) is 1. The van der Waals surface area contributed by atoms with Crippen LogP contribution < -0.4 is 0 Å². The fourth-order valence-electron chi connectivity index (χ4n) is 3.80. The van der Waals surface area contributed by atoms with Crippen molar-refractivity contribution in [1.82, 2.24) is 29.2 Å². The van der Waals surface area contributed by atoms with Gasteiger partial charge in [-0.05, 0) is 32.8 Å². The summed E-state index contributed by atoms with van der Waals surface area (Å²) in [6.07, 6.45) is 7.39. The third-order valence-corrected chi connectivity index (χ3v) is 5.23. The van der Waals surface area contributed by atoms with Crippen LogP contribution in [0, 0.1) is 13.8 Å². The summed E-state index contributed by atoms with van der Waals surface area (Å²) < 4.78 is 9.54. The normalized spacial score (nSPS) is 17.4. The van der Waals surface area contributed by atoms with Crippen LogP contribution in [0.1, 0.15) is 52.3 Å². The minimum absolute atomic E-state index is 0.0369. The predicted octanol–water partition coefficient (Wildman–Crippen LogP) is 2.29. The third-order valence-electron chi connectivity index (χ3n) is 5.23. The molecule has 0 bridgehead atoms. The minimum Gasteiger partial charge on any atom is -0.466 e. The second-order valence-corrected chi connectivity index (χ2v) is 7.19. The number of carbonyl (C=O) groups is 1. The number of piperidine rings is 1. The zero-order valence-electron chi connectivity index (χ0n) is 15.9. The summed E-state index contributed by atoms with van der Waals surface area (Å²) in [5, 5.41) is 8.79. The van der Waals surface area contributed by atoms with Gasteiger partial charge in [0.05, 0.1) is 18.4 Å². The molecule has 4 rings (SSSR count). The molecular weight excluding hydrogens is 344 g/mol. The molecule has 142 valence electrons. The molecule has 0 aromatic carbocycles. The summed E-state index contributed by atoms with van der Waals surface area (Å²) in [4.78, 5) is 18.9. The van der Waals surface area contributed by atoms with E-state index in [1.165, 1.54) is 0 Å². The molecule has 0 N–H and O–H groups in total. The highest BCUT2D eigenvalue weighted by atomic mass is 16.3. The molecule has 4 heterocycles. The van der Waals surface area contributed by atoms with Crippen molar-refractivity contribution < 1.29 is 9.21 Å². The van der Waals surface area contributed by atoms with E-state index in [1.54, 1.807) is 12.5 Å². The Hall–Kier alpha value is -2.90. The Kier molecular flexibility index (Phi) is 4.55. The largest absolute Gasteiger partial charge is 0.466 e.